The molecule has 7 N–H and O–H groups in total. The number of allylic oxidation sites excluding steroid dienone is 5. The van der Waals surface area contributed by atoms with Gasteiger partial charge in [0.1, 0.15) is 30.5 Å². The second-order valence-electron chi connectivity index (χ2n) is 18.6. The van der Waals surface area contributed by atoms with Crippen LogP contribution in [0.15, 0.2) is 36.5 Å². The van der Waals surface area contributed by atoms with Gasteiger partial charge in [-0.1, -0.05) is 217 Å². The summed E-state index contributed by atoms with van der Waals surface area (Å²) in [6.07, 6.45) is 39.3. The van der Waals surface area contributed by atoms with E-state index >= 15 is 0 Å². The molecule has 66 heavy (non-hydrogen) atoms. The van der Waals surface area contributed by atoms with Crippen LogP contribution in [0.5, 0.6) is 0 Å². The predicted molar refractivity (Wildman–Crippen MR) is 265 cm³/mol. The lowest BCUT2D eigenvalue weighted by Gasteiger charge is -2.41. The van der Waals surface area contributed by atoms with Gasteiger partial charge in [0.25, 0.3) is 0 Å². The number of carbonyl (C=O) groups excluding carboxylic acids is 1. The molecule has 14 heteroatoms. The van der Waals surface area contributed by atoms with Crippen LogP contribution in [0.25, 0.3) is 0 Å². The van der Waals surface area contributed by atoms with E-state index in [1.54, 1.807) is 6.08 Å². The van der Waals surface area contributed by atoms with Crippen molar-refractivity contribution in [1.29, 1.82) is 0 Å². The van der Waals surface area contributed by atoms with E-state index in [9.17, 15) is 43.3 Å². The van der Waals surface area contributed by atoms with Gasteiger partial charge in [0.05, 0.1) is 25.4 Å². The molecule has 0 aromatic carbocycles. The summed E-state index contributed by atoms with van der Waals surface area (Å²) < 4.78 is 47.7. The molecule has 1 aliphatic heterocycles. The molecule has 0 saturated carbocycles. The number of rotatable bonds is 45. The highest BCUT2D eigenvalue weighted by Crippen LogP contribution is 2.26. The molecule has 1 amide bonds. The predicted octanol–water partition coefficient (Wildman–Crippen LogP) is 10.4. The zero-order valence-corrected chi connectivity index (χ0v) is 42.2. The van der Waals surface area contributed by atoms with Gasteiger partial charge in [0, 0.05) is 0 Å². The van der Waals surface area contributed by atoms with Crippen molar-refractivity contribution in [3.8, 4) is 0 Å². The van der Waals surface area contributed by atoms with Crippen molar-refractivity contribution in [2.24, 2.45) is 0 Å². The second kappa shape index (κ2) is 42.2. The number of unbranched alkanes of at least 4 members (excludes halogenated alkanes) is 28. The highest BCUT2D eigenvalue weighted by atomic mass is 32.3. The van der Waals surface area contributed by atoms with Crippen LogP contribution >= 0.6 is 0 Å². The summed E-state index contributed by atoms with van der Waals surface area (Å²) in [5, 5.41) is 55.4. The van der Waals surface area contributed by atoms with Crippen LogP contribution in [-0.2, 0) is 28.9 Å². The van der Waals surface area contributed by atoms with Crippen LogP contribution in [0.1, 0.15) is 226 Å². The Labute approximate surface area is 401 Å². The Hall–Kier alpha value is -1.72. The van der Waals surface area contributed by atoms with Gasteiger partial charge < -0.3 is 40.3 Å². The molecule has 1 heterocycles. The van der Waals surface area contributed by atoms with E-state index in [1.165, 1.54) is 141 Å². The Balaban J connectivity index is 2.48. The normalized spacial score (nSPS) is 20.8. The average Bonchev–Trinajstić information content (AvgIpc) is 3.29. The first-order valence-corrected chi connectivity index (χ1v) is 27.8. The third-order valence-corrected chi connectivity index (χ3v) is 13.0. The van der Waals surface area contributed by atoms with Crippen molar-refractivity contribution >= 4 is 16.3 Å². The van der Waals surface area contributed by atoms with Crippen LogP contribution in [-0.4, -0.2) is 107 Å². The van der Waals surface area contributed by atoms with Gasteiger partial charge in [-0.05, 0) is 44.9 Å². The van der Waals surface area contributed by atoms with Crippen LogP contribution < -0.4 is 5.32 Å². The molecular weight excluding hydrogens is 863 g/mol. The quantitative estimate of drug-likeness (QED) is 0.0173. The third kappa shape index (κ3) is 33.7. The lowest BCUT2D eigenvalue weighted by atomic mass is 9.99. The lowest BCUT2D eigenvalue weighted by Crippen LogP contribution is -2.61. The van der Waals surface area contributed by atoms with Crippen molar-refractivity contribution in [1.82, 2.24) is 5.32 Å². The zero-order valence-electron chi connectivity index (χ0n) is 41.4. The topological polar surface area (TPSA) is 212 Å². The number of carbonyl (C=O) groups is 1. The summed E-state index contributed by atoms with van der Waals surface area (Å²) in [7, 11) is -5.12. The van der Waals surface area contributed by atoms with Crippen LogP contribution in [0.4, 0.5) is 0 Å². The van der Waals surface area contributed by atoms with Crippen molar-refractivity contribution < 1.29 is 57.0 Å². The summed E-state index contributed by atoms with van der Waals surface area (Å²) >= 11 is 0. The van der Waals surface area contributed by atoms with Crippen molar-refractivity contribution in [3.05, 3.63) is 36.5 Å². The summed E-state index contributed by atoms with van der Waals surface area (Å²) in [5.41, 5.74) is 0. The molecule has 8 atom stereocenters. The Morgan fingerprint density at radius 2 is 1.09 bits per heavy atom. The molecule has 0 aromatic heterocycles. The van der Waals surface area contributed by atoms with Crippen LogP contribution in [0.3, 0.4) is 0 Å². The Morgan fingerprint density at radius 1 is 0.636 bits per heavy atom. The number of ether oxygens (including phenoxy) is 2. The minimum Gasteiger partial charge on any atom is -0.394 e. The lowest BCUT2D eigenvalue weighted by molar-refractivity contribution is -0.298. The van der Waals surface area contributed by atoms with Crippen molar-refractivity contribution in [3.63, 3.8) is 0 Å². The van der Waals surface area contributed by atoms with Gasteiger partial charge in [0.2, 0.25) is 5.91 Å². The highest BCUT2D eigenvalue weighted by molar-refractivity contribution is 7.80. The first kappa shape index (κ1) is 62.3. The number of aliphatic hydroxyl groups excluding tert-OH is 5. The number of hydrogen-bond donors (Lipinski definition) is 7. The molecule has 1 aliphatic rings. The van der Waals surface area contributed by atoms with Crippen LogP contribution in [0, 0.1) is 0 Å². The fraction of sp³-hybridized carbons (Fsp3) is 0.865. The largest absolute Gasteiger partial charge is 0.397 e. The maximum atomic E-state index is 13.2. The van der Waals surface area contributed by atoms with E-state index in [0.717, 1.165) is 51.4 Å². The van der Waals surface area contributed by atoms with Crippen molar-refractivity contribution in [2.45, 2.75) is 275 Å². The van der Waals surface area contributed by atoms with E-state index < -0.39 is 78.5 Å². The zero-order chi connectivity index (χ0) is 48.5. The van der Waals surface area contributed by atoms with E-state index in [-0.39, 0.29) is 6.42 Å². The van der Waals surface area contributed by atoms with Gasteiger partial charge in [-0.2, -0.15) is 8.42 Å². The number of aliphatic hydroxyl groups is 5. The Morgan fingerprint density at radius 3 is 1.56 bits per heavy atom. The monoisotopic (exact) mass is 960 g/mol. The van der Waals surface area contributed by atoms with Gasteiger partial charge in [-0.3, -0.25) is 9.35 Å². The highest BCUT2D eigenvalue weighted by Gasteiger charge is 2.48. The molecule has 0 radical (unpaired) electrons. The van der Waals surface area contributed by atoms with Gasteiger partial charge >= 0.3 is 10.4 Å². The summed E-state index contributed by atoms with van der Waals surface area (Å²) in [6, 6.07) is -1.12. The molecule has 0 bridgehead atoms. The molecule has 0 aliphatic carbocycles. The fourth-order valence-corrected chi connectivity index (χ4v) is 8.89. The van der Waals surface area contributed by atoms with Crippen LogP contribution in [0.2, 0.25) is 0 Å². The van der Waals surface area contributed by atoms with Gasteiger partial charge in [0.15, 0.2) is 6.29 Å². The minimum absolute atomic E-state index is 0.242. The molecule has 1 fully saturated rings. The number of amides is 1. The maximum Gasteiger partial charge on any atom is 0.397 e. The first-order chi connectivity index (χ1) is 31.9. The third-order valence-electron chi connectivity index (χ3n) is 12.5. The second-order valence-corrected chi connectivity index (χ2v) is 19.6. The number of nitrogens with one attached hydrogen (secondary N) is 1. The smallest absolute Gasteiger partial charge is 0.394 e. The van der Waals surface area contributed by atoms with E-state index in [4.69, 9.17) is 9.47 Å². The summed E-state index contributed by atoms with van der Waals surface area (Å²) in [4.78, 5) is 13.2. The average molecular weight is 960 g/mol. The van der Waals surface area contributed by atoms with Crippen molar-refractivity contribution in [2.75, 3.05) is 13.2 Å². The Bertz CT molecular complexity index is 1330. The maximum absolute atomic E-state index is 13.2. The standard InChI is InChI=1S/C52H97NO12S/c1-3-5-7-9-11-13-15-17-19-21-22-23-25-27-29-31-33-35-37-39-41-46(56)51(59)53-44(43-63-52-49(58)50(65-66(60,61)62)48(57)47(42-54)64-52)45(55)40-38-36-34-32-30-28-26-24-20-18-16-14-12-10-8-6-4-2/h5,7,11,13,38,40,44-50,52,54-58H,3-4,6,8-10,12,14-37,39,41-43H2,1-2H3,(H,53,59)(H,60,61,62)/b7-5-,13-11-,40-38+. The van der Waals surface area contributed by atoms with E-state index in [2.05, 4.69) is 47.7 Å². The molecule has 0 spiro atoms. The molecule has 13 nitrogen and oxygen atoms in total. The molecule has 388 valence electrons. The molecule has 1 rings (SSSR count). The molecular formula is C52H97NO12S. The van der Waals surface area contributed by atoms with Gasteiger partial charge in [-0.15, -0.1) is 0 Å². The SMILES string of the molecule is CC/C=C\C/C=C\CCCCCCCCCCCCCCCC(O)C(=O)NC(COC1OC(CO)C(O)C(OS(=O)(=O)O)C1O)C(O)/C=C/CCCCCCCCCCCCCCCCC. The molecule has 0 aromatic rings. The summed E-state index contributed by atoms with van der Waals surface area (Å²) in [6.45, 7) is 3.14. The van der Waals surface area contributed by atoms with Gasteiger partial charge in [-0.25, -0.2) is 4.18 Å². The molecule has 8 unspecified atom stereocenters. The Kier molecular flexibility index (Phi) is 39.8. The fourth-order valence-electron chi connectivity index (χ4n) is 8.38. The summed E-state index contributed by atoms with van der Waals surface area (Å²) in [5.74, 6) is -0.702. The minimum atomic E-state index is -5.12. The van der Waals surface area contributed by atoms with E-state index in [0.29, 0.717) is 12.8 Å². The number of hydrogen-bond acceptors (Lipinski definition) is 11. The van der Waals surface area contributed by atoms with E-state index in [1.807, 2.05) is 6.08 Å². The first-order valence-electron chi connectivity index (χ1n) is 26.5. The molecule has 1 saturated heterocycles.